The first-order valence-corrected chi connectivity index (χ1v) is 11.0. The molecule has 6 nitrogen and oxygen atoms in total. The van der Waals surface area contributed by atoms with Gasteiger partial charge < -0.3 is 4.57 Å². The molecule has 0 aliphatic rings. The molecule has 0 fully saturated rings. The largest absolute Gasteiger partial charge is 0.328 e. The molecule has 0 aliphatic heterocycles. The molecule has 151 valence electrons. The predicted octanol–water partition coefficient (Wildman–Crippen LogP) is 3.57. The number of hydrogen-bond donors (Lipinski definition) is 1. The van der Waals surface area contributed by atoms with Gasteiger partial charge in [0.25, 0.3) is 15.9 Å². The van der Waals surface area contributed by atoms with Crippen molar-refractivity contribution in [2.45, 2.75) is 37.6 Å². The smallest absolute Gasteiger partial charge is 0.264 e. The van der Waals surface area contributed by atoms with Crippen molar-refractivity contribution in [2.75, 3.05) is 0 Å². The minimum atomic E-state index is -3.95. The molecule has 7 heteroatoms. The van der Waals surface area contributed by atoms with Gasteiger partial charge in [0, 0.05) is 30.4 Å². The average molecular weight is 411 g/mol. The Kier molecular flexibility index (Phi) is 6.49. The molecule has 1 amide bonds. The van der Waals surface area contributed by atoms with Gasteiger partial charge in [-0.2, -0.15) is 0 Å². The van der Waals surface area contributed by atoms with E-state index in [1.54, 1.807) is 48.7 Å². The molecule has 0 unspecified atom stereocenters. The maximum absolute atomic E-state index is 12.5. The van der Waals surface area contributed by atoms with E-state index in [-0.39, 0.29) is 10.5 Å². The Morgan fingerprint density at radius 3 is 2.45 bits per heavy atom. The molecule has 0 saturated carbocycles. The van der Waals surface area contributed by atoms with Gasteiger partial charge in [0.1, 0.15) is 5.82 Å². The summed E-state index contributed by atoms with van der Waals surface area (Å²) in [5.74, 6) is 0.319. The number of carbonyl (C=O) groups is 1. The van der Waals surface area contributed by atoms with Gasteiger partial charge in [0.05, 0.1) is 4.90 Å². The second kappa shape index (κ2) is 9.05. The number of aromatic nitrogens is 2. The molecule has 0 spiro atoms. The van der Waals surface area contributed by atoms with Crippen molar-refractivity contribution in [3.05, 3.63) is 90.4 Å². The zero-order valence-corrected chi connectivity index (χ0v) is 17.2. The van der Waals surface area contributed by atoms with Crippen molar-refractivity contribution in [1.29, 1.82) is 0 Å². The van der Waals surface area contributed by atoms with E-state index in [1.807, 2.05) is 4.57 Å². The van der Waals surface area contributed by atoms with Crippen molar-refractivity contribution in [3.8, 4) is 0 Å². The molecule has 1 N–H and O–H groups in total. The van der Waals surface area contributed by atoms with E-state index in [1.165, 1.54) is 12.1 Å². The van der Waals surface area contributed by atoms with Crippen LogP contribution in [-0.4, -0.2) is 23.9 Å². The lowest BCUT2D eigenvalue weighted by Crippen LogP contribution is -2.30. The van der Waals surface area contributed by atoms with Crippen LogP contribution in [0.3, 0.4) is 0 Å². The lowest BCUT2D eigenvalue weighted by molar-refractivity contribution is 0.0981. The number of carbonyl (C=O) groups excluding carboxylic acids is 1. The molecule has 1 aromatic heterocycles. The van der Waals surface area contributed by atoms with Crippen molar-refractivity contribution in [1.82, 2.24) is 14.3 Å². The summed E-state index contributed by atoms with van der Waals surface area (Å²) in [6, 6.07) is 14.7. The van der Waals surface area contributed by atoms with E-state index < -0.39 is 15.9 Å². The highest BCUT2D eigenvalue weighted by Gasteiger charge is 2.18. The Bertz CT molecular complexity index is 1070. The summed E-state index contributed by atoms with van der Waals surface area (Å²) >= 11 is 0. The zero-order chi connectivity index (χ0) is 20.9. The van der Waals surface area contributed by atoms with Crippen molar-refractivity contribution in [2.24, 2.45) is 0 Å². The number of aryl methyl sites for hydroxylation is 1. The molecule has 3 rings (SSSR count). The molecule has 0 saturated heterocycles. The average Bonchev–Trinajstić information content (AvgIpc) is 3.06. The highest BCUT2D eigenvalue weighted by Crippen LogP contribution is 2.15. The molecule has 0 atom stereocenters. The topological polar surface area (TPSA) is 81.1 Å². The van der Waals surface area contributed by atoms with Gasteiger partial charge in [-0.1, -0.05) is 43.7 Å². The minimum Gasteiger partial charge on any atom is -0.328 e. The van der Waals surface area contributed by atoms with Crippen LogP contribution in [0, 0.1) is 6.92 Å². The van der Waals surface area contributed by atoms with Crippen LogP contribution in [0.4, 0.5) is 0 Å². The minimum absolute atomic E-state index is 0.0391. The fourth-order valence-corrected chi connectivity index (χ4v) is 3.94. The Hall–Kier alpha value is -2.93. The lowest BCUT2D eigenvalue weighted by atomic mass is 10.2. The monoisotopic (exact) mass is 410 g/mol. The van der Waals surface area contributed by atoms with Crippen molar-refractivity contribution >= 4 is 15.9 Å². The molecule has 29 heavy (non-hydrogen) atoms. The number of rotatable bonds is 8. The van der Waals surface area contributed by atoms with E-state index in [4.69, 9.17) is 0 Å². The summed E-state index contributed by atoms with van der Waals surface area (Å²) in [6.45, 7) is 6.72. The first-order valence-electron chi connectivity index (χ1n) is 9.48. The summed E-state index contributed by atoms with van der Waals surface area (Å²) < 4.78 is 29.2. The number of hydrogen-bond acceptors (Lipinski definition) is 4. The van der Waals surface area contributed by atoms with E-state index >= 15 is 0 Å². The standard InChI is InChI=1S/C22H24N3O3S/c1-3-4-10-21-23-15-17(2)25(21)16-18-11-13-20(14-12-18)29(27,28)24-22(26)19-8-6-5-7-9-19/h5-9,11-15H,2-4,10,16H2,1H3,(H,24,26). The number of benzene rings is 2. The first kappa shape index (κ1) is 20.8. The maximum atomic E-state index is 12.5. The number of unbranched alkanes of at least 4 members (excludes halogenated alkanes) is 1. The van der Waals surface area contributed by atoms with Crippen LogP contribution in [-0.2, 0) is 23.0 Å². The third kappa shape index (κ3) is 5.12. The lowest BCUT2D eigenvalue weighted by Gasteiger charge is -2.11. The second-order valence-electron chi connectivity index (χ2n) is 6.80. The fraction of sp³-hybridized carbons (Fsp3) is 0.227. The summed E-state index contributed by atoms with van der Waals surface area (Å²) in [5, 5.41) is 0. The Balaban J connectivity index is 1.73. The van der Waals surface area contributed by atoms with E-state index in [0.29, 0.717) is 6.54 Å². The highest BCUT2D eigenvalue weighted by molar-refractivity contribution is 7.90. The van der Waals surface area contributed by atoms with Gasteiger partial charge in [-0.15, -0.1) is 0 Å². The van der Waals surface area contributed by atoms with Gasteiger partial charge in [-0.3, -0.25) is 4.79 Å². The third-order valence-electron chi connectivity index (χ3n) is 4.61. The molecule has 0 bridgehead atoms. The number of nitrogens with one attached hydrogen (secondary N) is 1. The van der Waals surface area contributed by atoms with Crippen LogP contribution < -0.4 is 4.72 Å². The molecule has 0 aliphatic carbocycles. The van der Waals surface area contributed by atoms with Gasteiger partial charge in [0.2, 0.25) is 0 Å². The van der Waals surface area contributed by atoms with Crippen molar-refractivity contribution < 1.29 is 13.2 Å². The summed E-state index contributed by atoms with van der Waals surface area (Å²) in [6.07, 6.45) is 4.77. The third-order valence-corrected chi connectivity index (χ3v) is 5.96. The molecule has 1 heterocycles. The van der Waals surface area contributed by atoms with Crippen LogP contribution in [0.2, 0.25) is 0 Å². The van der Waals surface area contributed by atoms with Gasteiger partial charge in [0.15, 0.2) is 0 Å². The summed E-state index contributed by atoms with van der Waals surface area (Å²) in [4.78, 5) is 16.6. The number of sulfonamides is 1. The van der Waals surface area contributed by atoms with Crippen LogP contribution in [0.25, 0.3) is 0 Å². The fourth-order valence-electron chi connectivity index (χ4n) is 2.97. The van der Waals surface area contributed by atoms with Crippen LogP contribution in [0.1, 0.15) is 47.2 Å². The zero-order valence-electron chi connectivity index (χ0n) is 16.3. The second-order valence-corrected chi connectivity index (χ2v) is 8.48. The van der Waals surface area contributed by atoms with E-state index in [2.05, 4.69) is 23.6 Å². The van der Waals surface area contributed by atoms with Crippen LogP contribution >= 0.6 is 0 Å². The normalized spacial score (nSPS) is 11.4. The quantitative estimate of drug-likeness (QED) is 0.615. The van der Waals surface area contributed by atoms with Gasteiger partial charge in [-0.05, 0) is 43.2 Å². The van der Waals surface area contributed by atoms with Crippen LogP contribution in [0.15, 0.2) is 65.7 Å². The van der Waals surface area contributed by atoms with E-state index in [9.17, 15) is 13.2 Å². The Labute approximate surface area is 171 Å². The Morgan fingerprint density at radius 2 is 1.79 bits per heavy atom. The predicted molar refractivity (Wildman–Crippen MR) is 112 cm³/mol. The molecular formula is C22H24N3O3S. The molecule has 3 aromatic rings. The Morgan fingerprint density at radius 1 is 1.10 bits per heavy atom. The molecule has 2 aromatic carbocycles. The van der Waals surface area contributed by atoms with Gasteiger partial charge >= 0.3 is 0 Å². The molecule has 1 radical (unpaired) electrons. The molecular weight excluding hydrogens is 386 g/mol. The summed E-state index contributed by atoms with van der Waals surface area (Å²) in [7, 11) is -3.95. The summed E-state index contributed by atoms with van der Waals surface area (Å²) in [5.41, 5.74) is 2.04. The van der Waals surface area contributed by atoms with Gasteiger partial charge in [-0.25, -0.2) is 18.1 Å². The number of imidazole rings is 1. The maximum Gasteiger partial charge on any atom is 0.264 e. The number of nitrogens with zero attached hydrogens (tertiary/aromatic N) is 2. The van der Waals surface area contributed by atoms with Crippen molar-refractivity contribution in [3.63, 3.8) is 0 Å². The SMILES string of the molecule is [CH2]c1cnc(CCCC)n1Cc1ccc(S(=O)(=O)NC(=O)c2ccccc2)cc1. The highest BCUT2D eigenvalue weighted by atomic mass is 32.2. The van der Waals surface area contributed by atoms with E-state index in [0.717, 1.165) is 36.3 Å². The van der Waals surface area contributed by atoms with Crippen LogP contribution in [0.5, 0.6) is 0 Å². The first-order chi connectivity index (χ1) is 13.9. The number of amides is 1.